The minimum absolute atomic E-state index is 0.0743. The maximum atomic E-state index is 13.9. The molecule has 196 valence electrons. The predicted octanol–water partition coefficient (Wildman–Crippen LogP) is 3.74. The third-order valence-electron chi connectivity index (χ3n) is 6.57. The second-order valence-electron chi connectivity index (χ2n) is 8.80. The standard InChI is InChI=1S/C25H29N5O5S2/c1-36-19-3-4-20-23(17-19)37-25(26-20)29(7-6-27-8-12-34-13-9-27)24(31)18-2-5-21(22(16-18)30(32)33)28-10-14-35-15-11-28/h2-5,16-17H,6-15H2,1H3. The zero-order chi connectivity index (χ0) is 25.8. The number of aromatic nitrogens is 1. The van der Waals surface area contributed by atoms with E-state index in [1.54, 1.807) is 28.8 Å². The van der Waals surface area contributed by atoms with Crippen molar-refractivity contribution in [2.24, 2.45) is 0 Å². The Morgan fingerprint density at radius 2 is 1.84 bits per heavy atom. The molecular formula is C25H29N5O5S2. The summed E-state index contributed by atoms with van der Waals surface area (Å²) >= 11 is 3.12. The quantitative estimate of drug-likeness (QED) is 0.239. The number of amides is 1. The van der Waals surface area contributed by atoms with Crippen LogP contribution in [0, 0.1) is 10.1 Å². The second kappa shape index (κ2) is 11.7. The molecule has 3 aromatic rings. The lowest BCUT2D eigenvalue weighted by Gasteiger charge is -2.30. The van der Waals surface area contributed by atoms with Gasteiger partial charge in [-0.05, 0) is 36.6 Å². The number of nitro benzene ring substituents is 1. The van der Waals surface area contributed by atoms with Gasteiger partial charge < -0.3 is 14.4 Å². The van der Waals surface area contributed by atoms with Crippen molar-refractivity contribution in [1.29, 1.82) is 0 Å². The Balaban J connectivity index is 1.47. The van der Waals surface area contributed by atoms with Crippen LogP contribution in [0.3, 0.4) is 0 Å². The number of nitro groups is 1. The molecule has 1 amide bonds. The number of carbonyl (C=O) groups excluding carboxylic acids is 1. The van der Waals surface area contributed by atoms with Gasteiger partial charge in [0.2, 0.25) is 0 Å². The van der Waals surface area contributed by atoms with Gasteiger partial charge in [-0.2, -0.15) is 0 Å². The van der Waals surface area contributed by atoms with Gasteiger partial charge in [-0.25, -0.2) is 4.98 Å². The summed E-state index contributed by atoms with van der Waals surface area (Å²) in [5.74, 6) is -0.297. The molecule has 2 saturated heterocycles. The minimum atomic E-state index is -0.415. The predicted molar refractivity (Wildman–Crippen MR) is 146 cm³/mol. The number of hydrogen-bond acceptors (Lipinski definition) is 10. The highest BCUT2D eigenvalue weighted by atomic mass is 32.2. The fourth-order valence-electron chi connectivity index (χ4n) is 4.52. The molecule has 0 unspecified atom stereocenters. The second-order valence-corrected chi connectivity index (χ2v) is 10.7. The van der Waals surface area contributed by atoms with E-state index in [1.807, 2.05) is 23.3 Å². The summed E-state index contributed by atoms with van der Waals surface area (Å²) < 4.78 is 11.8. The van der Waals surface area contributed by atoms with Gasteiger partial charge in [0.25, 0.3) is 11.6 Å². The summed E-state index contributed by atoms with van der Waals surface area (Å²) in [5, 5.41) is 12.6. The van der Waals surface area contributed by atoms with Crippen molar-refractivity contribution in [1.82, 2.24) is 9.88 Å². The first kappa shape index (κ1) is 25.9. The number of hydrogen-bond donors (Lipinski definition) is 0. The Kier molecular flexibility index (Phi) is 8.20. The Morgan fingerprint density at radius 1 is 1.11 bits per heavy atom. The topological polar surface area (TPSA) is 101 Å². The molecule has 2 aliphatic rings. The van der Waals surface area contributed by atoms with Gasteiger partial charge in [-0.3, -0.25) is 24.7 Å². The zero-order valence-electron chi connectivity index (χ0n) is 20.6. The number of thiazole rings is 1. The summed E-state index contributed by atoms with van der Waals surface area (Å²) in [6, 6.07) is 10.8. The molecule has 5 rings (SSSR count). The van der Waals surface area contributed by atoms with Gasteiger partial charge in [-0.1, -0.05) is 11.3 Å². The van der Waals surface area contributed by atoms with Crippen LogP contribution in [0.1, 0.15) is 10.4 Å². The molecule has 2 aromatic carbocycles. The Morgan fingerprint density at radius 3 is 2.54 bits per heavy atom. The third kappa shape index (κ3) is 5.88. The molecule has 2 aliphatic heterocycles. The highest BCUT2D eigenvalue weighted by Gasteiger charge is 2.27. The average Bonchev–Trinajstić information content (AvgIpc) is 3.36. The Hall–Kier alpha value is -2.77. The lowest BCUT2D eigenvalue weighted by Crippen LogP contribution is -2.43. The van der Waals surface area contributed by atoms with E-state index in [2.05, 4.69) is 11.0 Å². The van der Waals surface area contributed by atoms with E-state index < -0.39 is 4.92 Å². The van der Waals surface area contributed by atoms with E-state index in [1.165, 1.54) is 17.4 Å². The van der Waals surface area contributed by atoms with Crippen LogP contribution in [-0.2, 0) is 9.47 Å². The number of fused-ring (bicyclic) bond motifs is 1. The van der Waals surface area contributed by atoms with Crippen LogP contribution >= 0.6 is 23.1 Å². The van der Waals surface area contributed by atoms with Crippen LogP contribution in [0.15, 0.2) is 41.3 Å². The van der Waals surface area contributed by atoms with E-state index in [4.69, 9.17) is 14.5 Å². The fraction of sp³-hybridized carbons (Fsp3) is 0.440. The largest absolute Gasteiger partial charge is 0.379 e. The normalized spacial score (nSPS) is 16.7. The maximum absolute atomic E-state index is 13.9. The van der Waals surface area contributed by atoms with Gasteiger partial charge in [0.05, 0.1) is 41.6 Å². The molecule has 0 saturated carbocycles. The highest BCUT2D eigenvalue weighted by Crippen LogP contribution is 2.34. The smallest absolute Gasteiger partial charge is 0.293 e. The number of carbonyl (C=O) groups is 1. The number of thioether (sulfide) groups is 1. The molecule has 0 atom stereocenters. The number of rotatable bonds is 8. The number of ether oxygens (including phenoxy) is 2. The number of benzene rings is 2. The van der Waals surface area contributed by atoms with Crippen LogP contribution < -0.4 is 9.80 Å². The van der Waals surface area contributed by atoms with Crippen LogP contribution in [-0.4, -0.2) is 92.7 Å². The molecular weight excluding hydrogens is 514 g/mol. The zero-order valence-corrected chi connectivity index (χ0v) is 22.3. The first-order valence-corrected chi connectivity index (χ1v) is 14.3. The van der Waals surface area contributed by atoms with Gasteiger partial charge >= 0.3 is 0 Å². The lowest BCUT2D eigenvalue weighted by molar-refractivity contribution is -0.384. The molecule has 0 spiro atoms. The molecule has 0 bridgehead atoms. The van der Waals surface area contributed by atoms with E-state index in [0.717, 1.165) is 28.2 Å². The van der Waals surface area contributed by atoms with Gasteiger partial charge in [0, 0.05) is 55.8 Å². The van der Waals surface area contributed by atoms with E-state index in [9.17, 15) is 14.9 Å². The molecule has 1 aromatic heterocycles. The molecule has 3 heterocycles. The Bertz CT molecular complexity index is 1270. The summed E-state index contributed by atoms with van der Waals surface area (Å²) in [6.07, 6.45) is 2.02. The minimum Gasteiger partial charge on any atom is -0.379 e. The Labute approximate surface area is 223 Å². The number of morpholine rings is 2. The van der Waals surface area contributed by atoms with Crippen molar-refractivity contribution in [3.8, 4) is 0 Å². The van der Waals surface area contributed by atoms with E-state index in [-0.39, 0.29) is 17.2 Å². The summed E-state index contributed by atoms with van der Waals surface area (Å²) in [4.78, 5) is 37.2. The molecule has 0 radical (unpaired) electrons. The SMILES string of the molecule is CSc1ccc2nc(N(CCN3CCOCC3)C(=O)c3ccc(N4CCOCC4)c([N+](=O)[O-])c3)sc2c1. The van der Waals surface area contributed by atoms with Crippen molar-refractivity contribution in [2.45, 2.75) is 4.90 Å². The van der Waals surface area contributed by atoms with Gasteiger partial charge in [0.15, 0.2) is 5.13 Å². The monoisotopic (exact) mass is 543 g/mol. The highest BCUT2D eigenvalue weighted by molar-refractivity contribution is 7.98. The third-order valence-corrected chi connectivity index (χ3v) is 8.34. The van der Waals surface area contributed by atoms with E-state index >= 15 is 0 Å². The lowest BCUT2D eigenvalue weighted by atomic mass is 10.1. The van der Waals surface area contributed by atoms with Gasteiger partial charge in [-0.15, -0.1) is 11.8 Å². The van der Waals surface area contributed by atoms with Crippen molar-refractivity contribution < 1.29 is 19.2 Å². The van der Waals surface area contributed by atoms with Crippen molar-refractivity contribution in [3.05, 3.63) is 52.1 Å². The first-order chi connectivity index (χ1) is 18.0. The molecule has 12 heteroatoms. The molecule has 2 fully saturated rings. The molecule has 10 nitrogen and oxygen atoms in total. The molecule has 0 aliphatic carbocycles. The van der Waals surface area contributed by atoms with Crippen molar-refractivity contribution in [2.75, 3.05) is 81.8 Å². The van der Waals surface area contributed by atoms with Crippen molar-refractivity contribution >= 4 is 55.7 Å². The fourth-order valence-corrected chi connectivity index (χ4v) is 6.06. The molecule has 37 heavy (non-hydrogen) atoms. The van der Waals surface area contributed by atoms with Crippen LogP contribution in [0.5, 0.6) is 0 Å². The van der Waals surface area contributed by atoms with Crippen molar-refractivity contribution in [3.63, 3.8) is 0 Å². The van der Waals surface area contributed by atoms with Crippen LogP contribution in [0.2, 0.25) is 0 Å². The maximum Gasteiger partial charge on any atom is 0.293 e. The summed E-state index contributed by atoms with van der Waals surface area (Å²) in [6.45, 7) is 6.21. The van der Waals surface area contributed by atoms with Crippen LogP contribution in [0.4, 0.5) is 16.5 Å². The molecule has 0 N–H and O–H groups in total. The summed E-state index contributed by atoms with van der Waals surface area (Å²) in [5.41, 5.74) is 1.54. The van der Waals surface area contributed by atoms with E-state index in [0.29, 0.717) is 63.4 Å². The first-order valence-electron chi connectivity index (χ1n) is 12.2. The number of anilines is 2. The van der Waals surface area contributed by atoms with Gasteiger partial charge in [0.1, 0.15) is 5.69 Å². The average molecular weight is 544 g/mol. The van der Waals surface area contributed by atoms with Crippen LogP contribution in [0.25, 0.3) is 10.2 Å². The number of nitrogens with zero attached hydrogens (tertiary/aromatic N) is 5. The summed E-state index contributed by atoms with van der Waals surface area (Å²) in [7, 11) is 0.